The van der Waals surface area contributed by atoms with Crippen molar-refractivity contribution in [2.75, 3.05) is 19.0 Å². The summed E-state index contributed by atoms with van der Waals surface area (Å²) in [6.07, 6.45) is 6.20. The lowest BCUT2D eigenvalue weighted by atomic mass is 9.95. The molecule has 150 valence electrons. The third kappa shape index (κ3) is 4.39. The number of hydrogen-bond acceptors (Lipinski definition) is 4. The van der Waals surface area contributed by atoms with Crippen LogP contribution in [0.3, 0.4) is 0 Å². The van der Waals surface area contributed by atoms with Gasteiger partial charge in [0.15, 0.2) is 0 Å². The molecule has 0 unspecified atom stereocenters. The molecule has 0 saturated heterocycles. The van der Waals surface area contributed by atoms with Gasteiger partial charge in [-0.15, -0.1) is 0 Å². The number of carbonyl (C=O) groups excluding carboxylic acids is 1. The second-order valence-corrected chi connectivity index (χ2v) is 7.03. The minimum Gasteiger partial charge on any atom is -0.497 e. The molecule has 3 aromatic rings. The van der Waals surface area contributed by atoms with Gasteiger partial charge in [-0.05, 0) is 49.9 Å². The molecule has 0 bridgehead atoms. The van der Waals surface area contributed by atoms with Crippen molar-refractivity contribution >= 4 is 11.7 Å². The lowest BCUT2D eigenvalue weighted by Crippen LogP contribution is -2.32. The smallest absolute Gasteiger partial charge is 0.319 e. The molecule has 2 aromatic heterocycles. The van der Waals surface area contributed by atoms with Gasteiger partial charge in [-0.3, -0.25) is 9.67 Å². The molecule has 2 heterocycles. The molecule has 2 amide bonds. The number of anilines is 1. The number of nitrogens with one attached hydrogen (secondary N) is 2. The summed E-state index contributed by atoms with van der Waals surface area (Å²) in [4.78, 5) is 16.7. The van der Waals surface area contributed by atoms with Gasteiger partial charge in [0.25, 0.3) is 0 Å². The number of amides is 2. The third-order valence-electron chi connectivity index (χ3n) is 5.10. The SMILES string of the molecule is COc1cccc(NC(=O)NCCn2nc(-c3ccccn3)c3c2CCCC3)c1. The van der Waals surface area contributed by atoms with Crippen LogP contribution in [0.25, 0.3) is 11.4 Å². The molecule has 29 heavy (non-hydrogen) atoms. The molecule has 0 spiro atoms. The number of fused-ring (bicyclic) bond motifs is 1. The quantitative estimate of drug-likeness (QED) is 0.672. The molecule has 0 fully saturated rings. The maximum Gasteiger partial charge on any atom is 0.319 e. The van der Waals surface area contributed by atoms with Crippen LogP contribution in [0.4, 0.5) is 10.5 Å². The Morgan fingerprint density at radius 2 is 2.07 bits per heavy atom. The highest BCUT2D eigenvalue weighted by molar-refractivity contribution is 5.89. The summed E-state index contributed by atoms with van der Waals surface area (Å²) in [7, 11) is 1.60. The van der Waals surface area contributed by atoms with E-state index in [1.165, 1.54) is 24.1 Å². The van der Waals surface area contributed by atoms with Crippen LogP contribution in [0.5, 0.6) is 5.75 Å². The zero-order valence-electron chi connectivity index (χ0n) is 16.5. The zero-order valence-corrected chi connectivity index (χ0v) is 16.5. The van der Waals surface area contributed by atoms with Crippen molar-refractivity contribution in [1.82, 2.24) is 20.1 Å². The normalized spacial score (nSPS) is 12.9. The van der Waals surface area contributed by atoms with Crippen molar-refractivity contribution < 1.29 is 9.53 Å². The first-order chi connectivity index (χ1) is 14.2. The fourth-order valence-corrected chi connectivity index (χ4v) is 3.72. The summed E-state index contributed by atoms with van der Waals surface area (Å²) in [5.74, 6) is 0.702. The lowest BCUT2D eigenvalue weighted by molar-refractivity contribution is 0.251. The van der Waals surface area contributed by atoms with Gasteiger partial charge in [-0.1, -0.05) is 12.1 Å². The Morgan fingerprint density at radius 1 is 1.17 bits per heavy atom. The number of pyridine rings is 1. The van der Waals surface area contributed by atoms with E-state index in [2.05, 4.69) is 15.6 Å². The number of nitrogens with zero attached hydrogens (tertiary/aromatic N) is 3. The Labute approximate surface area is 170 Å². The largest absolute Gasteiger partial charge is 0.497 e. The van der Waals surface area contributed by atoms with E-state index in [9.17, 15) is 4.79 Å². The zero-order chi connectivity index (χ0) is 20.1. The Hall–Kier alpha value is -3.35. The molecule has 2 N–H and O–H groups in total. The Bertz CT molecular complexity index is 984. The van der Waals surface area contributed by atoms with Gasteiger partial charge in [-0.25, -0.2) is 4.79 Å². The molecule has 1 aliphatic rings. The first kappa shape index (κ1) is 19.0. The van der Waals surface area contributed by atoms with Crippen molar-refractivity contribution in [3.63, 3.8) is 0 Å². The summed E-state index contributed by atoms with van der Waals surface area (Å²) >= 11 is 0. The predicted octanol–water partition coefficient (Wildman–Crippen LogP) is 3.65. The van der Waals surface area contributed by atoms with E-state index in [1.807, 2.05) is 41.1 Å². The van der Waals surface area contributed by atoms with E-state index < -0.39 is 0 Å². The van der Waals surface area contributed by atoms with Crippen LogP contribution in [-0.2, 0) is 19.4 Å². The van der Waals surface area contributed by atoms with Crippen LogP contribution in [-0.4, -0.2) is 34.5 Å². The first-order valence-electron chi connectivity index (χ1n) is 9.93. The Kier molecular flexibility index (Phi) is 5.74. The highest BCUT2D eigenvalue weighted by atomic mass is 16.5. The van der Waals surface area contributed by atoms with Crippen molar-refractivity contribution in [2.24, 2.45) is 0 Å². The maximum absolute atomic E-state index is 12.2. The van der Waals surface area contributed by atoms with Crippen molar-refractivity contribution in [1.29, 1.82) is 0 Å². The summed E-state index contributed by atoms with van der Waals surface area (Å²) < 4.78 is 7.21. The van der Waals surface area contributed by atoms with E-state index in [1.54, 1.807) is 19.4 Å². The van der Waals surface area contributed by atoms with Crippen molar-refractivity contribution in [3.05, 3.63) is 59.9 Å². The number of benzene rings is 1. The molecule has 1 aromatic carbocycles. The first-order valence-corrected chi connectivity index (χ1v) is 9.93. The van der Waals surface area contributed by atoms with Crippen LogP contribution in [0.2, 0.25) is 0 Å². The van der Waals surface area contributed by atoms with Gasteiger partial charge in [0, 0.05) is 35.8 Å². The third-order valence-corrected chi connectivity index (χ3v) is 5.10. The highest BCUT2D eigenvalue weighted by Gasteiger charge is 2.22. The van der Waals surface area contributed by atoms with Crippen LogP contribution < -0.4 is 15.4 Å². The molecular formula is C22H25N5O2. The number of aromatic nitrogens is 3. The molecule has 0 aliphatic heterocycles. The fraction of sp³-hybridized carbons (Fsp3) is 0.318. The molecule has 0 radical (unpaired) electrons. The number of hydrogen-bond donors (Lipinski definition) is 2. The fourth-order valence-electron chi connectivity index (χ4n) is 3.72. The maximum atomic E-state index is 12.2. The van der Waals surface area contributed by atoms with E-state index in [0.717, 1.165) is 24.2 Å². The minimum absolute atomic E-state index is 0.246. The second kappa shape index (κ2) is 8.77. The van der Waals surface area contributed by atoms with E-state index in [0.29, 0.717) is 24.5 Å². The molecular weight excluding hydrogens is 366 g/mol. The van der Waals surface area contributed by atoms with E-state index in [4.69, 9.17) is 9.84 Å². The molecule has 7 heteroatoms. The molecule has 0 atom stereocenters. The van der Waals surface area contributed by atoms with Crippen LogP contribution in [0.15, 0.2) is 48.7 Å². The van der Waals surface area contributed by atoms with Crippen molar-refractivity contribution in [3.8, 4) is 17.1 Å². The standard InChI is InChI=1S/C22H25N5O2/c1-29-17-8-6-7-16(15-17)25-22(28)24-13-14-27-20-11-3-2-9-18(20)21(26-27)19-10-4-5-12-23-19/h4-8,10,12,15H,2-3,9,11,13-14H2,1H3,(H2,24,25,28). The molecule has 1 aliphatic carbocycles. The van der Waals surface area contributed by atoms with Gasteiger partial charge in [0.2, 0.25) is 0 Å². The predicted molar refractivity (Wildman–Crippen MR) is 112 cm³/mol. The second-order valence-electron chi connectivity index (χ2n) is 7.03. The van der Waals surface area contributed by atoms with Crippen molar-refractivity contribution in [2.45, 2.75) is 32.2 Å². The number of rotatable bonds is 6. The van der Waals surface area contributed by atoms with Gasteiger partial charge >= 0.3 is 6.03 Å². The van der Waals surface area contributed by atoms with Gasteiger partial charge < -0.3 is 15.4 Å². The monoisotopic (exact) mass is 391 g/mol. The van der Waals surface area contributed by atoms with Crippen LogP contribution in [0, 0.1) is 0 Å². The molecule has 7 nitrogen and oxygen atoms in total. The number of urea groups is 1. The average molecular weight is 391 g/mol. The minimum atomic E-state index is -0.246. The number of carbonyl (C=O) groups is 1. The number of methoxy groups -OCH3 is 1. The van der Waals surface area contributed by atoms with Gasteiger partial charge in [0.1, 0.15) is 11.4 Å². The highest BCUT2D eigenvalue weighted by Crippen LogP contribution is 2.30. The van der Waals surface area contributed by atoms with Crippen LogP contribution >= 0.6 is 0 Å². The average Bonchev–Trinajstić information content (AvgIpc) is 3.13. The van der Waals surface area contributed by atoms with E-state index >= 15 is 0 Å². The topological polar surface area (TPSA) is 81.1 Å². The summed E-state index contributed by atoms with van der Waals surface area (Å²) in [5.41, 5.74) is 5.15. The Balaban J connectivity index is 1.41. The molecule has 4 rings (SSSR count). The summed E-state index contributed by atoms with van der Waals surface area (Å²) in [5, 5.41) is 10.6. The lowest BCUT2D eigenvalue weighted by Gasteiger charge is -2.14. The molecule has 0 saturated carbocycles. The summed E-state index contributed by atoms with van der Waals surface area (Å²) in [6.45, 7) is 1.12. The summed E-state index contributed by atoms with van der Waals surface area (Å²) in [6, 6.07) is 12.9. The van der Waals surface area contributed by atoms with Gasteiger partial charge in [0.05, 0.1) is 19.3 Å². The number of ether oxygens (including phenoxy) is 1. The van der Waals surface area contributed by atoms with Crippen LogP contribution in [0.1, 0.15) is 24.1 Å². The van der Waals surface area contributed by atoms with E-state index in [-0.39, 0.29) is 6.03 Å². The Morgan fingerprint density at radius 3 is 2.90 bits per heavy atom. The van der Waals surface area contributed by atoms with Gasteiger partial charge in [-0.2, -0.15) is 5.10 Å².